The molecule has 0 radical (unpaired) electrons. The second-order valence-corrected chi connectivity index (χ2v) is 18.7. The number of unbranched alkanes of at least 4 members (excludes halogenated alkanes) is 35. The second kappa shape index (κ2) is 42.2. The van der Waals surface area contributed by atoms with Gasteiger partial charge in [0.15, 0.2) is 6.29 Å². The van der Waals surface area contributed by atoms with Gasteiger partial charge in [0.05, 0.1) is 25.4 Å². The molecule has 1 heterocycles. The number of hydrogen-bond donors (Lipinski definition) is 6. The Labute approximate surface area is 370 Å². The van der Waals surface area contributed by atoms with E-state index < -0.39 is 49.5 Å². The summed E-state index contributed by atoms with van der Waals surface area (Å²) in [6, 6.07) is -0.711. The second-order valence-electron chi connectivity index (χ2n) is 18.7. The fourth-order valence-corrected chi connectivity index (χ4v) is 8.75. The summed E-state index contributed by atoms with van der Waals surface area (Å²) in [6.07, 6.45) is 41.4. The van der Waals surface area contributed by atoms with Crippen LogP contribution in [0.5, 0.6) is 0 Å². The summed E-state index contributed by atoms with van der Waals surface area (Å²) in [4.78, 5) is 12.9. The molecule has 0 aliphatic carbocycles. The van der Waals surface area contributed by atoms with Gasteiger partial charge in [-0.25, -0.2) is 0 Å². The van der Waals surface area contributed by atoms with Crippen molar-refractivity contribution < 1.29 is 39.8 Å². The fourth-order valence-electron chi connectivity index (χ4n) is 8.75. The zero-order valence-electron chi connectivity index (χ0n) is 39.5. The molecule has 7 unspecified atom stereocenters. The summed E-state index contributed by atoms with van der Waals surface area (Å²) in [5.74, 6) is -0.142. The quantitative estimate of drug-likeness (QED) is 0.0332. The van der Waals surface area contributed by atoms with Crippen LogP contribution in [0, 0.1) is 0 Å². The molecule has 0 aromatic heterocycles. The van der Waals surface area contributed by atoms with E-state index in [9.17, 15) is 30.3 Å². The zero-order valence-corrected chi connectivity index (χ0v) is 39.5. The van der Waals surface area contributed by atoms with Gasteiger partial charge in [-0.05, 0) is 12.8 Å². The van der Waals surface area contributed by atoms with Crippen molar-refractivity contribution in [2.24, 2.45) is 0 Å². The van der Waals surface area contributed by atoms with Gasteiger partial charge in [-0.15, -0.1) is 0 Å². The van der Waals surface area contributed by atoms with E-state index in [2.05, 4.69) is 19.2 Å². The summed E-state index contributed by atoms with van der Waals surface area (Å²) in [7, 11) is 0. The Balaban J connectivity index is 2.14. The number of aliphatic hydroxyl groups is 5. The lowest BCUT2D eigenvalue weighted by atomic mass is 9.99. The molecule has 0 aromatic rings. The molecule has 6 N–H and O–H groups in total. The van der Waals surface area contributed by atoms with Crippen LogP contribution in [0.1, 0.15) is 264 Å². The third-order valence-electron chi connectivity index (χ3n) is 13.0. The molecule has 60 heavy (non-hydrogen) atoms. The standard InChI is InChI=1S/C51H101NO8/c1-3-5-7-9-11-13-15-16-17-18-19-20-21-22-23-24-25-26-27-28-29-30-31-32-34-36-38-40-45(54)44(43-59-51-50(58)49(57)48(56)46(42-53)60-51)52-47(55)41-39-37-35-33-14-12-10-8-6-4-2/h44-46,48-51,53-54,56-58H,3-43H2,1-2H3,(H,52,55). The lowest BCUT2D eigenvalue weighted by Crippen LogP contribution is -2.60. The van der Waals surface area contributed by atoms with Crippen molar-refractivity contribution in [1.82, 2.24) is 5.32 Å². The number of aliphatic hydroxyl groups excluding tert-OH is 5. The molecular formula is C51H101NO8. The minimum atomic E-state index is -1.55. The van der Waals surface area contributed by atoms with Gasteiger partial charge >= 0.3 is 0 Å². The van der Waals surface area contributed by atoms with Crippen LogP contribution in [-0.4, -0.2) is 87.5 Å². The van der Waals surface area contributed by atoms with Gasteiger partial charge in [0.1, 0.15) is 24.4 Å². The van der Waals surface area contributed by atoms with Gasteiger partial charge in [0.25, 0.3) is 0 Å². The van der Waals surface area contributed by atoms with Crippen molar-refractivity contribution in [3.8, 4) is 0 Å². The Kier molecular flexibility index (Phi) is 40.2. The summed E-state index contributed by atoms with van der Waals surface area (Å²) in [6.45, 7) is 3.84. The molecule has 358 valence electrons. The van der Waals surface area contributed by atoms with E-state index in [0.29, 0.717) is 12.8 Å². The van der Waals surface area contributed by atoms with Crippen molar-refractivity contribution in [2.45, 2.75) is 307 Å². The zero-order chi connectivity index (χ0) is 43.7. The highest BCUT2D eigenvalue weighted by molar-refractivity contribution is 5.76. The first kappa shape index (κ1) is 57.2. The van der Waals surface area contributed by atoms with Crippen LogP contribution < -0.4 is 5.32 Å². The summed E-state index contributed by atoms with van der Waals surface area (Å²) >= 11 is 0. The number of amides is 1. The van der Waals surface area contributed by atoms with E-state index in [1.54, 1.807) is 0 Å². The average molecular weight is 856 g/mol. The molecule has 9 nitrogen and oxygen atoms in total. The number of nitrogens with one attached hydrogen (secondary N) is 1. The molecule has 1 rings (SSSR count). The van der Waals surface area contributed by atoms with Gasteiger partial charge in [0.2, 0.25) is 5.91 Å². The van der Waals surface area contributed by atoms with Crippen LogP contribution in [0.3, 0.4) is 0 Å². The SMILES string of the molecule is CCCCCCCCCCCCCCCCCCCCCCCCCCCCCC(O)C(COC1OC(CO)C(O)C(O)C1O)NC(=O)CCCCCCCCCCCC. The van der Waals surface area contributed by atoms with Crippen molar-refractivity contribution in [3.63, 3.8) is 0 Å². The van der Waals surface area contributed by atoms with Gasteiger partial charge < -0.3 is 40.3 Å². The van der Waals surface area contributed by atoms with Crippen molar-refractivity contribution in [3.05, 3.63) is 0 Å². The predicted molar refractivity (Wildman–Crippen MR) is 249 cm³/mol. The van der Waals surface area contributed by atoms with Crippen molar-refractivity contribution in [1.29, 1.82) is 0 Å². The third-order valence-corrected chi connectivity index (χ3v) is 13.0. The Bertz CT molecular complexity index is 908. The third kappa shape index (κ3) is 31.9. The van der Waals surface area contributed by atoms with Crippen LogP contribution in [-0.2, 0) is 14.3 Å². The number of hydrogen-bond acceptors (Lipinski definition) is 8. The first-order valence-electron chi connectivity index (χ1n) is 26.2. The maximum absolute atomic E-state index is 12.9. The van der Waals surface area contributed by atoms with Gasteiger partial charge in [-0.1, -0.05) is 245 Å². The van der Waals surface area contributed by atoms with Crippen LogP contribution in [0.2, 0.25) is 0 Å². The minimum Gasteiger partial charge on any atom is -0.394 e. The van der Waals surface area contributed by atoms with Crippen LogP contribution in [0.4, 0.5) is 0 Å². The van der Waals surface area contributed by atoms with E-state index in [1.807, 2.05) is 0 Å². The van der Waals surface area contributed by atoms with Crippen LogP contribution >= 0.6 is 0 Å². The molecule has 7 atom stereocenters. The molecule has 0 spiro atoms. The maximum Gasteiger partial charge on any atom is 0.220 e. The maximum atomic E-state index is 12.9. The molecular weight excluding hydrogens is 755 g/mol. The van der Waals surface area contributed by atoms with E-state index in [4.69, 9.17) is 9.47 Å². The Morgan fingerprint density at radius 2 is 0.833 bits per heavy atom. The van der Waals surface area contributed by atoms with Crippen molar-refractivity contribution >= 4 is 5.91 Å². The normalized spacial score (nSPS) is 20.4. The fraction of sp³-hybridized carbons (Fsp3) is 0.980. The molecule has 1 fully saturated rings. The van der Waals surface area contributed by atoms with Gasteiger partial charge in [-0.2, -0.15) is 0 Å². The molecule has 0 aromatic carbocycles. The van der Waals surface area contributed by atoms with E-state index >= 15 is 0 Å². The molecule has 1 saturated heterocycles. The Morgan fingerprint density at radius 3 is 1.18 bits per heavy atom. The number of ether oxygens (including phenoxy) is 2. The highest BCUT2D eigenvalue weighted by Crippen LogP contribution is 2.23. The van der Waals surface area contributed by atoms with Crippen LogP contribution in [0.15, 0.2) is 0 Å². The smallest absolute Gasteiger partial charge is 0.220 e. The molecule has 1 amide bonds. The van der Waals surface area contributed by atoms with E-state index in [-0.39, 0.29) is 12.5 Å². The molecule has 1 aliphatic heterocycles. The largest absolute Gasteiger partial charge is 0.394 e. The first-order chi connectivity index (χ1) is 29.3. The highest BCUT2D eigenvalue weighted by Gasteiger charge is 2.44. The summed E-state index contributed by atoms with van der Waals surface area (Å²) in [5.41, 5.74) is 0. The monoisotopic (exact) mass is 856 g/mol. The van der Waals surface area contributed by atoms with Crippen LogP contribution in [0.25, 0.3) is 0 Å². The number of rotatable bonds is 45. The van der Waals surface area contributed by atoms with Crippen molar-refractivity contribution in [2.75, 3.05) is 13.2 Å². The molecule has 1 aliphatic rings. The Hall–Kier alpha value is -0.810. The molecule has 0 saturated carbocycles. The minimum absolute atomic E-state index is 0.132. The Morgan fingerprint density at radius 1 is 0.500 bits per heavy atom. The lowest BCUT2D eigenvalue weighted by Gasteiger charge is -2.40. The summed E-state index contributed by atoms with van der Waals surface area (Å²) in [5, 5.41) is 54.4. The number of carbonyl (C=O) groups excluding carboxylic acids is 1. The summed E-state index contributed by atoms with van der Waals surface area (Å²) < 4.78 is 11.3. The molecule has 0 bridgehead atoms. The number of carbonyl (C=O) groups is 1. The van der Waals surface area contributed by atoms with E-state index in [0.717, 1.165) is 38.5 Å². The van der Waals surface area contributed by atoms with E-state index in [1.165, 1.54) is 199 Å². The van der Waals surface area contributed by atoms with Gasteiger partial charge in [-0.3, -0.25) is 4.79 Å². The average Bonchev–Trinajstić information content (AvgIpc) is 3.25. The topological polar surface area (TPSA) is 149 Å². The first-order valence-corrected chi connectivity index (χ1v) is 26.2. The molecule has 9 heteroatoms. The lowest BCUT2D eigenvalue weighted by molar-refractivity contribution is -0.302. The van der Waals surface area contributed by atoms with Gasteiger partial charge in [0, 0.05) is 6.42 Å². The highest BCUT2D eigenvalue weighted by atomic mass is 16.7. The predicted octanol–water partition coefficient (Wildman–Crippen LogP) is 11.9.